The van der Waals surface area contributed by atoms with E-state index in [0.717, 1.165) is 0 Å². The molecule has 0 saturated heterocycles. The Morgan fingerprint density at radius 3 is 2.83 bits per heavy atom. The van der Waals surface area contributed by atoms with Crippen molar-refractivity contribution in [3.05, 3.63) is 34.9 Å². The normalized spacial score (nSPS) is 11.2. The number of nitrogens with one attached hydrogen (secondary N) is 1. The maximum atomic E-state index is 13.6. The number of benzene rings is 1. The second-order valence-corrected chi connectivity index (χ2v) is 4.60. The smallest absolute Gasteiger partial charge is 0.250 e. The lowest BCUT2D eigenvalue weighted by molar-refractivity contribution is 0.457. The van der Waals surface area contributed by atoms with Crippen LogP contribution in [-0.2, 0) is 6.54 Å². The van der Waals surface area contributed by atoms with Crippen LogP contribution in [0.3, 0.4) is 0 Å². The van der Waals surface area contributed by atoms with E-state index in [1.54, 1.807) is 6.07 Å². The molecule has 0 radical (unpaired) electrons. The van der Waals surface area contributed by atoms with Crippen molar-refractivity contribution in [2.75, 3.05) is 0 Å². The van der Waals surface area contributed by atoms with Crippen LogP contribution < -0.4 is 5.32 Å². The van der Waals surface area contributed by atoms with E-state index in [9.17, 15) is 4.39 Å². The molecule has 1 aromatic heterocycles. The molecular formula is C12H13ClFN3O. The molecule has 2 aromatic rings. The Kier molecular flexibility index (Phi) is 3.93. The molecule has 0 spiro atoms. The summed E-state index contributed by atoms with van der Waals surface area (Å²) in [6.07, 6.45) is 0. The average Bonchev–Trinajstić information content (AvgIpc) is 2.75. The van der Waals surface area contributed by atoms with Crippen LogP contribution in [0, 0.1) is 5.82 Å². The second kappa shape index (κ2) is 5.46. The van der Waals surface area contributed by atoms with Crippen LogP contribution in [0.1, 0.15) is 19.7 Å². The van der Waals surface area contributed by atoms with Crippen molar-refractivity contribution in [1.82, 2.24) is 15.5 Å². The van der Waals surface area contributed by atoms with Gasteiger partial charge in [-0.15, -0.1) is 10.2 Å². The summed E-state index contributed by atoms with van der Waals surface area (Å²) in [7, 11) is 0. The number of rotatable bonds is 4. The lowest BCUT2D eigenvalue weighted by Gasteiger charge is -2.03. The largest absolute Gasteiger partial charge is 0.419 e. The minimum absolute atomic E-state index is 0.157. The zero-order valence-corrected chi connectivity index (χ0v) is 10.8. The van der Waals surface area contributed by atoms with E-state index < -0.39 is 5.82 Å². The Morgan fingerprint density at radius 2 is 2.17 bits per heavy atom. The van der Waals surface area contributed by atoms with Crippen LogP contribution in [0.25, 0.3) is 11.5 Å². The molecule has 0 aliphatic rings. The summed E-state index contributed by atoms with van der Waals surface area (Å²) in [5, 5.41) is 11.1. The van der Waals surface area contributed by atoms with Gasteiger partial charge in [0.15, 0.2) is 0 Å². The van der Waals surface area contributed by atoms with Crippen molar-refractivity contribution in [3.63, 3.8) is 0 Å². The van der Waals surface area contributed by atoms with E-state index in [1.165, 1.54) is 12.1 Å². The molecule has 0 bridgehead atoms. The molecule has 96 valence electrons. The highest BCUT2D eigenvalue weighted by molar-refractivity contribution is 6.30. The first-order chi connectivity index (χ1) is 8.56. The molecule has 0 aliphatic heterocycles. The number of aromatic nitrogens is 2. The summed E-state index contributed by atoms with van der Waals surface area (Å²) in [6, 6.07) is 4.63. The highest BCUT2D eigenvalue weighted by Crippen LogP contribution is 2.24. The zero-order chi connectivity index (χ0) is 13.1. The first-order valence-corrected chi connectivity index (χ1v) is 5.95. The van der Waals surface area contributed by atoms with Crippen molar-refractivity contribution in [1.29, 1.82) is 0 Å². The van der Waals surface area contributed by atoms with Crippen molar-refractivity contribution in [2.45, 2.75) is 26.4 Å². The number of hydrogen-bond acceptors (Lipinski definition) is 4. The van der Waals surface area contributed by atoms with Gasteiger partial charge >= 0.3 is 0 Å². The zero-order valence-electron chi connectivity index (χ0n) is 10.1. The molecule has 1 heterocycles. The summed E-state index contributed by atoms with van der Waals surface area (Å²) < 4.78 is 19.0. The third-order valence-electron chi connectivity index (χ3n) is 2.29. The first kappa shape index (κ1) is 13.0. The van der Waals surface area contributed by atoms with Crippen LogP contribution in [-0.4, -0.2) is 16.2 Å². The van der Waals surface area contributed by atoms with Gasteiger partial charge in [0, 0.05) is 11.1 Å². The fraction of sp³-hybridized carbons (Fsp3) is 0.333. The van der Waals surface area contributed by atoms with Crippen LogP contribution >= 0.6 is 11.6 Å². The topological polar surface area (TPSA) is 51.0 Å². The van der Waals surface area contributed by atoms with Crippen molar-refractivity contribution < 1.29 is 8.81 Å². The van der Waals surface area contributed by atoms with Gasteiger partial charge in [-0.1, -0.05) is 25.4 Å². The molecule has 0 amide bonds. The van der Waals surface area contributed by atoms with Gasteiger partial charge in [-0.25, -0.2) is 4.39 Å². The van der Waals surface area contributed by atoms with E-state index in [1.807, 2.05) is 13.8 Å². The van der Waals surface area contributed by atoms with Gasteiger partial charge in [0.1, 0.15) is 5.82 Å². The van der Waals surface area contributed by atoms with E-state index in [2.05, 4.69) is 15.5 Å². The molecule has 0 atom stereocenters. The Morgan fingerprint density at radius 1 is 1.39 bits per heavy atom. The fourth-order valence-corrected chi connectivity index (χ4v) is 1.55. The van der Waals surface area contributed by atoms with Crippen LogP contribution in [0.5, 0.6) is 0 Å². The van der Waals surface area contributed by atoms with Crippen molar-refractivity contribution in [2.24, 2.45) is 0 Å². The Labute approximate surface area is 109 Å². The number of halogens is 2. The summed E-state index contributed by atoms with van der Waals surface area (Å²) >= 11 is 5.68. The van der Waals surface area contributed by atoms with Gasteiger partial charge in [0.05, 0.1) is 12.1 Å². The van der Waals surface area contributed by atoms with Gasteiger partial charge in [0.25, 0.3) is 5.89 Å². The van der Waals surface area contributed by atoms with Gasteiger partial charge in [-0.2, -0.15) is 0 Å². The SMILES string of the molecule is CC(C)NCc1nnc(-c2ccc(Cl)cc2F)o1. The minimum Gasteiger partial charge on any atom is -0.419 e. The number of hydrogen-bond donors (Lipinski definition) is 1. The molecule has 0 fully saturated rings. The molecule has 1 N–H and O–H groups in total. The quantitative estimate of drug-likeness (QED) is 0.927. The molecule has 0 aliphatic carbocycles. The van der Waals surface area contributed by atoms with E-state index in [0.29, 0.717) is 23.5 Å². The summed E-state index contributed by atoms with van der Waals surface area (Å²) in [6.45, 7) is 4.48. The molecular weight excluding hydrogens is 257 g/mol. The Hall–Kier alpha value is -1.46. The molecule has 0 saturated carbocycles. The van der Waals surface area contributed by atoms with Gasteiger partial charge in [-0.05, 0) is 18.2 Å². The second-order valence-electron chi connectivity index (χ2n) is 4.16. The lowest BCUT2D eigenvalue weighted by Crippen LogP contribution is -2.21. The molecule has 0 unspecified atom stereocenters. The van der Waals surface area contributed by atoms with Gasteiger partial charge < -0.3 is 9.73 Å². The minimum atomic E-state index is -0.477. The molecule has 18 heavy (non-hydrogen) atoms. The fourth-order valence-electron chi connectivity index (χ4n) is 1.39. The Balaban J connectivity index is 2.18. The van der Waals surface area contributed by atoms with Crippen molar-refractivity contribution in [3.8, 4) is 11.5 Å². The van der Waals surface area contributed by atoms with Crippen LogP contribution in [0.2, 0.25) is 5.02 Å². The van der Waals surface area contributed by atoms with Gasteiger partial charge in [-0.3, -0.25) is 0 Å². The average molecular weight is 270 g/mol. The third-order valence-corrected chi connectivity index (χ3v) is 2.53. The maximum Gasteiger partial charge on any atom is 0.250 e. The maximum absolute atomic E-state index is 13.6. The standard InChI is InChI=1S/C12H13ClFN3O/c1-7(2)15-6-11-16-17-12(18-11)9-4-3-8(13)5-10(9)14/h3-5,7,15H,6H2,1-2H3. The van der Waals surface area contributed by atoms with Crippen molar-refractivity contribution >= 4 is 11.6 Å². The monoisotopic (exact) mass is 269 g/mol. The molecule has 2 rings (SSSR count). The van der Waals surface area contributed by atoms with E-state index >= 15 is 0 Å². The van der Waals surface area contributed by atoms with Crippen LogP contribution in [0.15, 0.2) is 22.6 Å². The van der Waals surface area contributed by atoms with E-state index in [-0.39, 0.29) is 11.5 Å². The molecule has 4 nitrogen and oxygen atoms in total. The summed E-state index contributed by atoms with van der Waals surface area (Å²) in [5.74, 6) is 0.104. The summed E-state index contributed by atoms with van der Waals surface area (Å²) in [4.78, 5) is 0. The highest BCUT2D eigenvalue weighted by Gasteiger charge is 2.13. The molecule has 6 heteroatoms. The predicted octanol–water partition coefficient (Wildman–Crippen LogP) is 3.03. The lowest BCUT2D eigenvalue weighted by atomic mass is 10.2. The van der Waals surface area contributed by atoms with E-state index in [4.69, 9.17) is 16.0 Å². The van der Waals surface area contributed by atoms with Crippen LogP contribution in [0.4, 0.5) is 4.39 Å². The van der Waals surface area contributed by atoms with Gasteiger partial charge in [0.2, 0.25) is 5.89 Å². The summed E-state index contributed by atoms with van der Waals surface area (Å²) in [5.41, 5.74) is 0.252. The highest BCUT2D eigenvalue weighted by atomic mass is 35.5. The third kappa shape index (κ3) is 3.05. The first-order valence-electron chi connectivity index (χ1n) is 5.57. The number of nitrogens with zero attached hydrogens (tertiary/aromatic N) is 2. The Bertz CT molecular complexity index is 542. The predicted molar refractivity (Wildman–Crippen MR) is 66.7 cm³/mol. The molecule has 1 aromatic carbocycles.